The van der Waals surface area contributed by atoms with Crippen molar-refractivity contribution in [2.45, 2.75) is 12.8 Å². The Hall–Kier alpha value is -3.17. The summed E-state index contributed by atoms with van der Waals surface area (Å²) in [4.78, 5) is 5.09. The number of aryl methyl sites for hydroxylation is 1. The van der Waals surface area contributed by atoms with E-state index < -0.39 is 0 Å². The Morgan fingerprint density at radius 2 is 1.59 bits per heavy atom. The summed E-state index contributed by atoms with van der Waals surface area (Å²) in [6, 6.07) is 18.2. The van der Waals surface area contributed by atoms with Gasteiger partial charge in [-0.2, -0.15) is 0 Å². The fourth-order valence-electron chi connectivity index (χ4n) is 5.07. The molecular formula is C26H16FNS. The monoisotopic (exact) mass is 393 g/mol. The zero-order valence-electron chi connectivity index (χ0n) is 15.6. The maximum absolute atomic E-state index is 15.4. The van der Waals surface area contributed by atoms with E-state index in [0.29, 0.717) is 5.39 Å². The Kier molecular flexibility index (Phi) is 2.96. The summed E-state index contributed by atoms with van der Waals surface area (Å²) in [6.45, 7) is 0. The molecule has 0 spiro atoms. The highest BCUT2D eigenvalue weighted by Gasteiger charge is 2.22. The minimum atomic E-state index is -0.157. The van der Waals surface area contributed by atoms with Crippen molar-refractivity contribution in [2.24, 2.45) is 0 Å². The normalized spacial score (nSPS) is 14.0. The molecule has 0 aliphatic heterocycles. The molecule has 0 amide bonds. The number of benzene rings is 4. The number of fused-ring (bicyclic) bond motifs is 12. The van der Waals surface area contributed by atoms with E-state index in [1.165, 1.54) is 25.9 Å². The lowest BCUT2D eigenvalue weighted by Crippen LogP contribution is -1.88. The second-order valence-corrected chi connectivity index (χ2v) is 8.94. The molecule has 29 heavy (non-hydrogen) atoms. The van der Waals surface area contributed by atoms with E-state index in [1.54, 1.807) is 6.07 Å². The summed E-state index contributed by atoms with van der Waals surface area (Å²) in [6.07, 6.45) is 6.71. The van der Waals surface area contributed by atoms with Crippen LogP contribution in [0.4, 0.5) is 4.39 Å². The number of aromatic nitrogens is 1. The van der Waals surface area contributed by atoms with E-state index in [9.17, 15) is 0 Å². The second-order valence-electron chi connectivity index (χ2n) is 7.83. The SMILES string of the molecule is Fc1cc2ccccc2c2[nH]c3c4sc5c(c4c4ccccc4c3c12)C=CCC5. The van der Waals surface area contributed by atoms with Crippen LogP contribution in [-0.2, 0) is 6.42 Å². The Labute approximate surface area is 170 Å². The predicted molar refractivity (Wildman–Crippen MR) is 124 cm³/mol. The molecule has 0 atom stereocenters. The molecule has 0 unspecified atom stereocenters. The van der Waals surface area contributed by atoms with Crippen LogP contribution in [0.3, 0.4) is 0 Å². The summed E-state index contributed by atoms with van der Waals surface area (Å²) in [5, 5.41) is 7.35. The lowest BCUT2D eigenvalue weighted by atomic mass is 9.95. The van der Waals surface area contributed by atoms with Crippen LogP contribution in [0.25, 0.3) is 59.5 Å². The lowest BCUT2D eigenvalue weighted by molar-refractivity contribution is 0.642. The van der Waals surface area contributed by atoms with E-state index in [4.69, 9.17) is 0 Å². The van der Waals surface area contributed by atoms with Crippen molar-refractivity contribution in [2.75, 3.05) is 0 Å². The van der Waals surface area contributed by atoms with Gasteiger partial charge in [-0.1, -0.05) is 60.7 Å². The third-order valence-corrected chi connectivity index (χ3v) is 7.57. The topological polar surface area (TPSA) is 15.8 Å². The van der Waals surface area contributed by atoms with E-state index in [1.807, 2.05) is 29.5 Å². The van der Waals surface area contributed by atoms with Crippen LogP contribution in [0, 0.1) is 5.82 Å². The Morgan fingerprint density at radius 1 is 0.828 bits per heavy atom. The molecule has 1 N–H and O–H groups in total. The average molecular weight is 393 g/mol. The van der Waals surface area contributed by atoms with E-state index in [-0.39, 0.29) is 5.82 Å². The van der Waals surface area contributed by atoms with Gasteiger partial charge in [0.25, 0.3) is 0 Å². The molecule has 0 bridgehead atoms. The molecule has 0 saturated carbocycles. The third-order valence-electron chi connectivity index (χ3n) is 6.29. The fraction of sp³-hybridized carbons (Fsp3) is 0.0769. The number of allylic oxidation sites excluding steroid dienone is 1. The van der Waals surface area contributed by atoms with Crippen LogP contribution >= 0.6 is 11.3 Å². The van der Waals surface area contributed by atoms with Crippen molar-refractivity contribution < 1.29 is 4.39 Å². The molecule has 2 aromatic heterocycles. The summed E-state index contributed by atoms with van der Waals surface area (Å²) in [5.41, 5.74) is 3.31. The van der Waals surface area contributed by atoms with Gasteiger partial charge in [0.2, 0.25) is 0 Å². The lowest BCUT2D eigenvalue weighted by Gasteiger charge is -2.07. The third kappa shape index (κ3) is 1.93. The van der Waals surface area contributed by atoms with Crippen LogP contribution in [-0.4, -0.2) is 4.98 Å². The van der Waals surface area contributed by atoms with Crippen molar-refractivity contribution in [1.82, 2.24) is 4.98 Å². The van der Waals surface area contributed by atoms with Gasteiger partial charge in [0.1, 0.15) is 5.82 Å². The fourth-order valence-corrected chi connectivity index (χ4v) is 6.39. The van der Waals surface area contributed by atoms with Crippen molar-refractivity contribution in [1.29, 1.82) is 0 Å². The van der Waals surface area contributed by atoms with Crippen LogP contribution in [0.15, 0.2) is 60.7 Å². The first-order chi connectivity index (χ1) is 14.3. The van der Waals surface area contributed by atoms with Crippen molar-refractivity contribution >= 4 is 70.8 Å². The second kappa shape index (κ2) is 5.46. The summed E-state index contributed by atoms with van der Waals surface area (Å²) >= 11 is 1.87. The standard InChI is InChI=1S/C26H16FNS/c27-19-13-14-7-1-2-8-15(14)24-23(19)22-17-10-4-3-9-16(17)21-18-11-5-6-12-20(18)29-26(21)25(22)28-24/h1-5,7-11,13,28H,6,12H2. The number of thiophene rings is 1. The minimum Gasteiger partial charge on any atom is -0.353 e. The van der Waals surface area contributed by atoms with Gasteiger partial charge in [-0.25, -0.2) is 4.39 Å². The van der Waals surface area contributed by atoms with Gasteiger partial charge >= 0.3 is 0 Å². The first-order valence-electron chi connectivity index (χ1n) is 9.96. The highest BCUT2D eigenvalue weighted by Crippen LogP contribution is 2.47. The van der Waals surface area contributed by atoms with Gasteiger partial charge in [0.05, 0.1) is 15.7 Å². The van der Waals surface area contributed by atoms with Crippen LogP contribution in [0.2, 0.25) is 0 Å². The molecule has 4 aromatic carbocycles. The first-order valence-corrected chi connectivity index (χ1v) is 10.8. The molecule has 1 aliphatic carbocycles. The van der Waals surface area contributed by atoms with Crippen LogP contribution < -0.4 is 0 Å². The summed E-state index contributed by atoms with van der Waals surface area (Å²) in [5.74, 6) is -0.157. The van der Waals surface area contributed by atoms with E-state index in [0.717, 1.165) is 45.4 Å². The largest absolute Gasteiger partial charge is 0.353 e. The summed E-state index contributed by atoms with van der Waals surface area (Å²) in [7, 11) is 0. The van der Waals surface area contributed by atoms with E-state index in [2.05, 4.69) is 47.5 Å². The van der Waals surface area contributed by atoms with Crippen molar-refractivity contribution in [3.8, 4) is 0 Å². The molecule has 0 radical (unpaired) electrons. The molecular weight excluding hydrogens is 377 g/mol. The quantitative estimate of drug-likeness (QED) is 0.270. The molecule has 2 heterocycles. The average Bonchev–Trinajstić information content (AvgIpc) is 3.34. The molecule has 1 aliphatic rings. The number of aromatic amines is 1. The van der Waals surface area contributed by atoms with Crippen molar-refractivity contribution in [3.63, 3.8) is 0 Å². The zero-order chi connectivity index (χ0) is 19.1. The number of hydrogen-bond donors (Lipinski definition) is 1. The maximum atomic E-state index is 15.4. The Bertz CT molecular complexity index is 1670. The smallest absolute Gasteiger partial charge is 0.133 e. The Balaban J connectivity index is 1.84. The van der Waals surface area contributed by atoms with Gasteiger partial charge in [-0.3, -0.25) is 0 Å². The summed E-state index contributed by atoms with van der Waals surface area (Å²) < 4.78 is 16.7. The van der Waals surface area contributed by atoms with Gasteiger partial charge < -0.3 is 4.98 Å². The highest BCUT2D eigenvalue weighted by atomic mass is 32.1. The van der Waals surface area contributed by atoms with Crippen LogP contribution in [0.1, 0.15) is 16.9 Å². The minimum absolute atomic E-state index is 0.157. The Morgan fingerprint density at radius 3 is 2.45 bits per heavy atom. The molecule has 138 valence electrons. The number of rotatable bonds is 0. The maximum Gasteiger partial charge on any atom is 0.133 e. The zero-order valence-corrected chi connectivity index (χ0v) is 16.4. The molecule has 1 nitrogen and oxygen atoms in total. The van der Waals surface area contributed by atoms with Crippen molar-refractivity contribution in [3.05, 3.63) is 76.9 Å². The highest BCUT2D eigenvalue weighted by molar-refractivity contribution is 7.20. The van der Waals surface area contributed by atoms with Crippen LogP contribution in [0.5, 0.6) is 0 Å². The molecule has 7 rings (SSSR count). The number of hydrogen-bond acceptors (Lipinski definition) is 1. The first kappa shape index (κ1) is 15.7. The van der Waals surface area contributed by atoms with Gasteiger partial charge in [0, 0.05) is 26.4 Å². The number of halogens is 1. The van der Waals surface area contributed by atoms with Gasteiger partial charge in [-0.05, 0) is 40.6 Å². The number of nitrogens with one attached hydrogen (secondary N) is 1. The molecule has 6 aromatic rings. The van der Waals surface area contributed by atoms with Gasteiger partial charge in [-0.15, -0.1) is 11.3 Å². The number of H-pyrrole nitrogens is 1. The molecule has 0 fully saturated rings. The van der Waals surface area contributed by atoms with E-state index >= 15 is 4.39 Å². The van der Waals surface area contributed by atoms with Gasteiger partial charge in [0.15, 0.2) is 0 Å². The predicted octanol–water partition coefficient (Wildman–Crippen LogP) is 7.94. The molecule has 3 heteroatoms. The molecule has 0 saturated heterocycles.